The summed E-state index contributed by atoms with van der Waals surface area (Å²) >= 11 is 1.59. The van der Waals surface area contributed by atoms with Crippen molar-refractivity contribution in [3.05, 3.63) is 0 Å². The fourth-order valence-electron chi connectivity index (χ4n) is 1.48. The standard InChI is InChI=1S/C10H19N3O2S.2ClH/c1-6(11)13-9-4-7(9)2-3-16-5-8(12)10(14)15;;/h7-9H,2-5,12H2,1H3,(H2,11,13)(H,14,15);2*1H/t7?,8-,9?;;/m0../s1. The number of aliphatic imine (C=N–C) groups is 1. The van der Waals surface area contributed by atoms with E-state index in [-0.39, 0.29) is 24.8 Å². The van der Waals surface area contributed by atoms with Crippen molar-refractivity contribution in [3.8, 4) is 0 Å². The first-order valence-electron chi connectivity index (χ1n) is 5.36. The van der Waals surface area contributed by atoms with Crippen LogP contribution in [0.25, 0.3) is 0 Å². The molecule has 0 aliphatic heterocycles. The van der Waals surface area contributed by atoms with Gasteiger partial charge in [0.1, 0.15) is 6.04 Å². The summed E-state index contributed by atoms with van der Waals surface area (Å²) in [7, 11) is 0. The van der Waals surface area contributed by atoms with E-state index < -0.39 is 12.0 Å². The van der Waals surface area contributed by atoms with Crippen LogP contribution in [0.15, 0.2) is 4.99 Å². The van der Waals surface area contributed by atoms with Crippen molar-refractivity contribution in [2.24, 2.45) is 22.4 Å². The zero-order chi connectivity index (χ0) is 12.1. The number of amidine groups is 1. The molecule has 0 aromatic carbocycles. The Kier molecular flexibility index (Phi) is 10.9. The summed E-state index contributed by atoms with van der Waals surface area (Å²) in [6.45, 7) is 1.80. The van der Waals surface area contributed by atoms with Crippen molar-refractivity contribution in [1.82, 2.24) is 0 Å². The maximum atomic E-state index is 10.4. The Labute approximate surface area is 124 Å². The van der Waals surface area contributed by atoms with Gasteiger partial charge in [-0.1, -0.05) is 0 Å². The van der Waals surface area contributed by atoms with Crippen molar-refractivity contribution in [2.45, 2.75) is 31.8 Å². The van der Waals surface area contributed by atoms with E-state index in [1.165, 1.54) is 0 Å². The van der Waals surface area contributed by atoms with E-state index in [1.54, 1.807) is 18.7 Å². The summed E-state index contributed by atoms with van der Waals surface area (Å²) in [5.74, 6) is 1.77. The number of aliphatic carboxylic acids is 1. The first-order valence-corrected chi connectivity index (χ1v) is 6.52. The number of carboxylic acids is 1. The lowest BCUT2D eigenvalue weighted by atomic mass is 10.3. The molecule has 0 amide bonds. The molecule has 0 heterocycles. The summed E-state index contributed by atoms with van der Waals surface area (Å²) in [4.78, 5) is 14.7. The van der Waals surface area contributed by atoms with Gasteiger partial charge in [-0.15, -0.1) is 24.8 Å². The maximum absolute atomic E-state index is 10.4. The fraction of sp³-hybridized carbons (Fsp3) is 0.800. The average molecular weight is 318 g/mol. The Morgan fingerprint density at radius 1 is 1.56 bits per heavy atom. The SMILES string of the molecule is CC(N)=NC1CC1CCSC[C@H](N)C(=O)O.Cl.Cl. The van der Waals surface area contributed by atoms with Gasteiger partial charge < -0.3 is 16.6 Å². The van der Waals surface area contributed by atoms with Crippen LogP contribution in [0.4, 0.5) is 0 Å². The van der Waals surface area contributed by atoms with E-state index in [1.807, 2.05) is 0 Å². The minimum Gasteiger partial charge on any atom is -0.480 e. The van der Waals surface area contributed by atoms with Crippen molar-refractivity contribution >= 4 is 48.4 Å². The lowest BCUT2D eigenvalue weighted by Gasteiger charge is -2.05. The molecule has 0 bridgehead atoms. The molecule has 0 saturated heterocycles. The highest BCUT2D eigenvalue weighted by atomic mass is 35.5. The van der Waals surface area contributed by atoms with Crippen LogP contribution in [0.3, 0.4) is 0 Å². The largest absolute Gasteiger partial charge is 0.480 e. The van der Waals surface area contributed by atoms with Crippen LogP contribution in [0.2, 0.25) is 0 Å². The van der Waals surface area contributed by atoms with E-state index in [9.17, 15) is 4.79 Å². The first kappa shape index (κ1) is 20.2. The lowest BCUT2D eigenvalue weighted by Crippen LogP contribution is -2.32. The van der Waals surface area contributed by atoms with Crippen LogP contribution in [0, 0.1) is 5.92 Å². The van der Waals surface area contributed by atoms with Crippen molar-refractivity contribution < 1.29 is 9.90 Å². The van der Waals surface area contributed by atoms with Gasteiger partial charge in [0.25, 0.3) is 0 Å². The highest BCUT2D eigenvalue weighted by Crippen LogP contribution is 2.37. The number of nitrogens with two attached hydrogens (primary N) is 2. The summed E-state index contributed by atoms with van der Waals surface area (Å²) in [5, 5.41) is 8.57. The molecule has 3 atom stereocenters. The number of carbonyl (C=O) groups is 1. The first-order chi connectivity index (χ1) is 7.50. The van der Waals surface area contributed by atoms with Crippen molar-refractivity contribution in [1.29, 1.82) is 0 Å². The second-order valence-electron chi connectivity index (χ2n) is 4.14. The van der Waals surface area contributed by atoms with Crippen LogP contribution in [0.5, 0.6) is 0 Å². The Morgan fingerprint density at radius 2 is 2.17 bits per heavy atom. The molecule has 0 spiro atoms. The normalized spacial score (nSPS) is 23.6. The van der Waals surface area contributed by atoms with Crippen LogP contribution < -0.4 is 11.5 Å². The highest BCUT2D eigenvalue weighted by molar-refractivity contribution is 7.99. The number of rotatable bonds is 7. The van der Waals surface area contributed by atoms with E-state index in [0.717, 1.165) is 18.6 Å². The molecular formula is C10H21Cl2N3O2S. The molecule has 5 N–H and O–H groups in total. The van der Waals surface area contributed by atoms with Crippen molar-refractivity contribution in [3.63, 3.8) is 0 Å². The molecule has 1 aliphatic rings. The zero-order valence-corrected chi connectivity index (χ0v) is 12.7. The third kappa shape index (κ3) is 8.02. The minimum atomic E-state index is -0.930. The summed E-state index contributed by atoms with van der Waals surface area (Å²) in [5.41, 5.74) is 10.9. The molecule has 0 aromatic rings. The number of hydrogen-bond donors (Lipinski definition) is 3. The summed E-state index contributed by atoms with van der Waals surface area (Å²) in [6.07, 6.45) is 2.18. The number of nitrogens with zero attached hydrogens (tertiary/aromatic N) is 1. The van der Waals surface area contributed by atoms with Gasteiger partial charge in [-0.05, 0) is 31.4 Å². The smallest absolute Gasteiger partial charge is 0.321 e. The van der Waals surface area contributed by atoms with E-state index in [0.29, 0.717) is 23.5 Å². The third-order valence-corrected chi connectivity index (χ3v) is 3.62. The van der Waals surface area contributed by atoms with Gasteiger partial charge in [-0.3, -0.25) is 9.79 Å². The molecule has 0 radical (unpaired) electrons. The molecule has 108 valence electrons. The summed E-state index contributed by atoms with van der Waals surface area (Å²) in [6, 6.07) is -0.344. The predicted molar refractivity (Wildman–Crippen MR) is 81.2 cm³/mol. The quantitative estimate of drug-likeness (QED) is 0.371. The second-order valence-corrected chi connectivity index (χ2v) is 5.29. The predicted octanol–water partition coefficient (Wildman–Crippen LogP) is 1.13. The number of thioether (sulfide) groups is 1. The van der Waals surface area contributed by atoms with Gasteiger partial charge >= 0.3 is 5.97 Å². The topological polar surface area (TPSA) is 102 Å². The van der Waals surface area contributed by atoms with Gasteiger partial charge in [0, 0.05) is 5.75 Å². The number of hydrogen-bond acceptors (Lipinski definition) is 4. The molecule has 1 fully saturated rings. The molecule has 1 saturated carbocycles. The Morgan fingerprint density at radius 3 is 2.67 bits per heavy atom. The molecule has 2 unspecified atom stereocenters. The molecule has 0 aromatic heterocycles. The second kappa shape index (κ2) is 9.72. The fourth-order valence-corrected chi connectivity index (χ4v) is 2.51. The van der Waals surface area contributed by atoms with Gasteiger partial charge in [-0.25, -0.2) is 0 Å². The molecule has 8 heteroatoms. The third-order valence-electron chi connectivity index (χ3n) is 2.50. The molecule has 1 aliphatic carbocycles. The molecule has 18 heavy (non-hydrogen) atoms. The van der Waals surface area contributed by atoms with E-state index in [4.69, 9.17) is 16.6 Å². The van der Waals surface area contributed by atoms with E-state index >= 15 is 0 Å². The Hall–Kier alpha value is -0.170. The van der Waals surface area contributed by atoms with Crippen LogP contribution in [0.1, 0.15) is 19.8 Å². The molecule has 5 nitrogen and oxygen atoms in total. The Bertz CT molecular complexity index is 288. The van der Waals surface area contributed by atoms with Gasteiger partial charge in [-0.2, -0.15) is 11.8 Å². The van der Waals surface area contributed by atoms with Crippen molar-refractivity contribution in [2.75, 3.05) is 11.5 Å². The van der Waals surface area contributed by atoms with Gasteiger partial charge in [0.15, 0.2) is 0 Å². The van der Waals surface area contributed by atoms with Gasteiger partial charge in [0.2, 0.25) is 0 Å². The lowest BCUT2D eigenvalue weighted by molar-refractivity contribution is -0.137. The average Bonchev–Trinajstić information content (AvgIpc) is 2.89. The number of halogens is 2. The minimum absolute atomic E-state index is 0. The highest BCUT2D eigenvalue weighted by Gasteiger charge is 2.36. The van der Waals surface area contributed by atoms with Crippen LogP contribution in [-0.2, 0) is 4.79 Å². The Balaban J connectivity index is 0. The van der Waals surface area contributed by atoms with Gasteiger partial charge in [0.05, 0.1) is 11.9 Å². The molecular weight excluding hydrogens is 297 g/mol. The summed E-state index contributed by atoms with van der Waals surface area (Å²) < 4.78 is 0. The van der Waals surface area contributed by atoms with Crippen LogP contribution in [-0.4, -0.2) is 40.5 Å². The van der Waals surface area contributed by atoms with E-state index in [2.05, 4.69) is 4.99 Å². The monoisotopic (exact) mass is 317 g/mol. The number of carboxylic acid groups (broad SMARTS) is 1. The maximum Gasteiger partial charge on any atom is 0.321 e. The van der Waals surface area contributed by atoms with Crippen LogP contribution >= 0.6 is 36.6 Å². The molecule has 1 rings (SSSR count). The zero-order valence-electron chi connectivity index (χ0n) is 10.2.